The zero-order valence-corrected chi connectivity index (χ0v) is 14.8. The van der Waals surface area contributed by atoms with Crippen molar-refractivity contribution in [3.63, 3.8) is 0 Å². The van der Waals surface area contributed by atoms with Crippen LogP contribution in [0.15, 0.2) is 17.5 Å². The molecule has 1 fully saturated rings. The van der Waals surface area contributed by atoms with E-state index in [9.17, 15) is 4.79 Å². The van der Waals surface area contributed by atoms with E-state index in [1.807, 2.05) is 0 Å². The number of hydrogen-bond acceptors (Lipinski definition) is 7. The van der Waals surface area contributed by atoms with Gasteiger partial charge in [0.1, 0.15) is 11.1 Å². The molecule has 8 heteroatoms. The lowest BCUT2D eigenvalue weighted by atomic mass is 9.93. The molecule has 24 heavy (non-hydrogen) atoms. The van der Waals surface area contributed by atoms with Gasteiger partial charge in [-0.15, -0.1) is 21.5 Å². The Balaban J connectivity index is 1.74. The Kier molecular flexibility index (Phi) is 4.51. The predicted octanol–water partition coefficient (Wildman–Crippen LogP) is 1.91. The van der Waals surface area contributed by atoms with Crippen molar-refractivity contribution in [2.75, 3.05) is 24.6 Å². The van der Waals surface area contributed by atoms with Gasteiger partial charge in [0.15, 0.2) is 11.5 Å². The monoisotopic (exact) mass is 347 g/mol. The second kappa shape index (κ2) is 6.45. The molecule has 3 heterocycles. The number of aromatic nitrogens is 3. The maximum Gasteiger partial charge on any atom is 0.269 e. The molecule has 0 aliphatic carbocycles. The normalized spacial score (nSPS) is 18.6. The highest BCUT2D eigenvalue weighted by Gasteiger charge is 2.27. The molecule has 128 valence electrons. The van der Waals surface area contributed by atoms with E-state index >= 15 is 0 Å². The number of carbonyl (C=O) groups is 1. The standard InChI is InChI=1S/C16H21N5O2S/c1-16(2,3)12-9-24-15(18-12)11-8-21(6-7-23-11)13-5-4-10(14(17)22)19-20-13/h4-5,9,11H,6-8H2,1-3H3,(H2,17,22)/t11-/m1/s1. The van der Waals surface area contributed by atoms with Gasteiger partial charge in [0, 0.05) is 17.3 Å². The van der Waals surface area contributed by atoms with Gasteiger partial charge in [-0.3, -0.25) is 4.79 Å². The molecule has 0 aromatic carbocycles. The van der Waals surface area contributed by atoms with Crippen LogP contribution in [-0.4, -0.2) is 40.8 Å². The number of amides is 1. The van der Waals surface area contributed by atoms with E-state index in [4.69, 9.17) is 15.5 Å². The Morgan fingerprint density at radius 3 is 2.75 bits per heavy atom. The second-order valence-corrected chi connectivity index (χ2v) is 7.66. The molecule has 0 unspecified atom stereocenters. The highest BCUT2D eigenvalue weighted by molar-refractivity contribution is 7.09. The molecule has 2 aromatic rings. The van der Waals surface area contributed by atoms with Gasteiger partial charge < -0.3 is 15.4 Å². The molecule has 7 nitrogen and oxygen atoms in total. The first-order valence-corrected chi connectivity index (χ1v) is 8.68. The Morgan fingerprint density at radius 1 is 1.38 bits per heavy atom. The van der Waals surface area contributed by atoms with Crippen LogP contribution >= 0.6 is 11.3 Å². The minimum atomic E-state index is -0.577. The summed E-state index contributed by atoms with van der Waals surface area (Å²) in [6, 6.07) is 3.36. The maximum absolute atomic E-state index is 11.1. The van der Waals surface area contributed by atoms with Crippen molar-refractivity contribution in [1.82, 2.24) is 15.2 Å². The van der Waals surface area contributed by atoms with Gasteiger partial charge in [-0.1, -0.05) is 20.8 Å². The number of anilines is 1. The fourth-order valence-corrected chi connectivity index (χ4v) is 3.50. The summed E-state index contributed by atoms with van der Waals surface area (Å²) >= 11 is 1.63. The van der Waals surface area contributed by atoms with Gasteiger partial charge >= 0.3 is 0 Å². The largest absolute Gasteiger partial charge is 0.367 e. The molecule has 0 saturated carbocycles. The highest BCUT2D eigenvalue weighted by atomic mass is 32.1. The zero-order chi connectivity index (χ0) is 17.3. The van der Waals surface area contributed by atoms with Crippen LogP contribution in [0.25, 0.3) is 0 Å². The fraction of sp³-hybridized carbons (Fsp3) is 0.500. The topological polar surface area (TPSA) is 94.2 Å². The molecule has 3 rings (SSSR count). The summed E-state index contributed by atoms with van der Waals surface area (Å²) in [5.74, 6) is 0.132. The van der Waals surface area contributed by atoms with E-state index in [2.05, 4.69) is 41.2 Å². The Morgan fingerprint density at radius 2 is 2.17 bits per heavy atom. The molecule has 1 atom stereocenters. The van der Waals surface area contributed by atoms with E-state index < -0.39 is 5.91 Å². The molecule has 0 spiro atoms. The van der Waals surface area contributed by atoms with E-state index in [0.29, 0.717) is 19.0 Å². The smallest absolute Gasteiger partial charge is 0.269 e. The first-order chi connectivity index (χ1) is 11.3. The third-order valence-electron chi connectivity index (χ3n) is 3.86. The van der Waals surface area contributed by atoms with Crippen LogP contribution in [0.2, 0.25) is 0 Å². The summed E-state index contributed by atoms with van der Waals surface area (Å²) in [7, 11) is 0. The summed E-state index contributed by atoms with van der Waals surface area (Å²) in [6.45, 7) is 8.41. The minimum absolute atomic E-state index is 0.0270. The first-order valence-electron chi connectivity index (χ1n) is 7.80. The molecule has 1 amide bonds. The lowest BCUT2D eigenvalue weighted by molar-refractivity contribution is 0.0391. The van der Waals surface area contributed by atoms with E-state index in [0.717, 1.165) is 17.2 Å². The van der Waals surface area contributed by atoms with Gasteiger partial charge in [-0.2, -0.15) is 0 Å². The summed E-state index contributed by atoms with van der Waals surface area (Å²) < 4.78 is 5.89. The third-order valence-corrected chi connectivity index (χ3v) is 4.80. The average Bonchev–Trinajstić information content (AvgIpc) is 3.05. The fourth-order valence-electron chi connectivity index (χ4n) is 2.41. The first kappa shape index (κ1) is 16.8. The number of thiazole rings is 1. The van der Waals surface area contributed by atoms with Crippen LogP contribution < -0.4 is 10.6 Å². The SMILES string of the molecule is CC(C)(C)c1csc([C@H]2CN(c3ccc(C(N)=O)nn3)CCO2)n1. The van der Waals surface area contributed by atoms with Crippen molar-refractivity contribution < 1.29 is 9.53 Å². The Hall–Kier alpha value is -2.06. The molecule has 2 N–H and O–H groups in total. The van der Waals surface area contributed by atoms with Crippen molar-refractivity contribution in [3.8, 4) is 0 Å². The third kappa shape index (κ3) is 3.54. The number of nitrogens with two attached hydrogens (primary N) is 1. The number of hydrogen-bond donors (Lipinski definition) is 1. The molecule has 2 aromatic heterocycles. The zero-order valence-electron chi connectivity index (χ0n) is 14.0. The molecule has 0 radical (unpaired) electrons. The minimum Gasteiger partial charge on any atom is -0.367 e. The van der Waals surface area contributed by atoms with Crippen molar-refractivity contribution in [2.45, 2.75) is 32.3 Å². The summed E-state index contributed by atoms with van der Waals surface area (Å²) in [5, 5.41) is 11.0. The van der Waals surface area contributed by atoms with Crippen LogP contribution in [0, 0.1) is 0 Å². The van der Waals surface area contributed by atoms with Gasteiger partial charge in [-0.05, 0) is 12.1 Å². The van der Waals surface area contributed by atoms with Crippen molar-refractivity contribution >= 4 is 23.1 Å². The van der Waals surface area contributed by atoms with Crippen LogP contribution in [0.5, 0.6) is 0 Å². The van der Waals surface area contributed by atoms with Gasteiger partial charge in [0.2, 0.25) is 0 Å². The van der Waals surface area contributed by atoms with E-state index in [-0.39, 0.29) is 17.2 Å². The molecular weight excluding hydrogens is 326 g/mol. The van der Waals surface area contributed by atoms with Crippen LogP contribution in [0.4, 0.5) is 5.82 Å². The number of carbonyl (C=O) groups excluding carboxylic acids is 1. The molecule has 0 bridgehead atoms. The number of rotatable bonds is 3. The van der Waals surface area contributed by atoms with Crippen molar-refractivity contribution in [1.29, 1.82) is 0 Å². The van der Waals surface area contributed by atoms with Crippen LogP contribution in [0.3, 0.4) is 0 Å². The Bertz CT molecular complexity index is 723. The van der Waals surface area contributed by atoms with Crippen LogP contribution in [-0.2, 0) is 10.2 Å². The maximum atomic E-state index is 11.1. The van der Waals surface area contributed by atoms with Crippen molar-refractivity contribution in [2.24, 2.45) is 5.73 Å². The lowest BCUT2D eigenvalue weighted by Gasteiger charge is -2.32. The summed E-state index contributed by atoms with van der Waals surface area (Å²) in [6.07, 6.45) is -0.0857. The molecule has 1 aliphatic rings. The van der Waals surface area contributed by atoms with Gasteiger partial charge in [0.05, 0.1) is 18.8 Å². The molecule has 1 saturated heterocycles. The average molecular weight is 347 g/mol. The lowest BCUT2D eigenvalue weighted by Crippen LogP contribution is -2.39. The summed E-state index contributed by atoms with van der Waals surface area (Å²) in [5.41, 5.74) is 6.47. The van der Waals surface area contributed by atoms with Crippen LogP contribution in [0.1, 0.15) is 48.1 Å². The van der Waals surface area contributed by atoms with Crippen molar-refractivity contribution in [3.05, 3.63) is 33.9 Å². The van der Waals surface area contributed by atoms with Gasteiger partial charge in [0.25, 0.3) is 5.91 Å². The number of morpholine rings is 1. The second-order valence-electron chi connectivity index (χ2n) is 6.77. The number of primary amides is 1. The molecule has 1 aliphatic heterocycles. The number of ether oxygens (including phenoxy) is 1. The summed E-state index contributed by atoms with van der Waals surface area (Å²) in [4.78, 5) is 17.9. The van der Waals surface area contributed by atoms with Gasteiger partial charge in [-0.25, -0.2) is 4.98 Å². The Labute approximate surface area is 144 Å². The highest BCUT2D eigenvalue weighted by Crippen LogP contribution is 2.31. The van der Waals surface area contributed by atoms with E-state index in [1.165, 1.54) is 0 Å². The van der Waals surface area contributed by atoms with E-state index in [1.54, 1.807) is 23.5 Å². The quantitative estimate of drug-likeness (QED) is 0.911. The molecular formula is C16H21N5O2S. The number of nitrogens with zero attached hydrogens (tertiary/aromatic N) is 4. The predicted molar refractivity (Wildman–Crippen MR) is 92.3 cm³/mol.